The minimum atomic E-state index is -4.62. The van der Waals surface area contributed by atoms with E-state index in [1.165, 1.54) is 30.3 Å². The maximum atomic E-state index is 12.9. The Morgan fingerprint density at radius 3 is 2.07 bits per heavy atom. The summed E-state index contributed by atoms with van der Waals surface area (Å²) in [7, 11) is 1.11. The molecule has 0 saturated heterocycles. The Bertz CT molecular complexity index is 1030. The molecule has 0 bridgehead atoms. The van der Waals surface area contributed by atoms with E-state index in [9.17, 15) is 26.3 Å². The molecule has 0 unspecified atom stereocenters. The second kappa shape index (κ2) is 7.51. The van der Waals surface area contributed by atoms with E-state index in [4.69, 9.17) is 21.1 Å². The van der Waals surface area contributed by atoms with E-state index in [2.05, 4.69) is 5.10 Å². The molecule has 11 heteroatoms. The lowest BCUT2D eigenvalue weighted by Gasteiger charge is -2.11. The highest BCUT2D eigenvalue weighted by Crippen LogP contribution is 2.36. The van der Waals surface area contributed by atoms with Crippen molar-refractivity contribution >= 4 is 11.6 Å². The molecule has 0 saturated carbocycles. The van der Waals surface area contributed by atoms with Gasteiger partial charge in [-0.15, -0.1) is 5.10 Å². The summed E-state index contributed by atoms with van der Waals surface area (Å²) >= 11 is 5.95. The third-order valence-corrected chi connectivity index (χ3v) is 3.83. The summed E-state index contributed by atoms with van der Waals surface area (Å²) < 4.78 is 88.3. The molecule has 0 fully saturated rings. The van der Waals surface area contributed by atoms with Gasteiger partial charge in [0, 0.05) is 24.2 Å². The van der Waals surface area contributed by atoms with Crippen molar-refractivity contribution < 1.29 is 35.8 Å². The van der Waals surface area contributed by atoms with Crippen LogP contribution in [0.3, 0.4) is 0 Å². The molecule has 154 valence electrons. The topological polar surface area (TPSA) is 36.3 Å². The molecule has 29 heavy (non-hydrogen) atoms. The monoisotopic (exact) mass is 436 g/mol. The van der Waals surface area contributed by atoms with Gasteiger partial charge in [-0.05, 0) is 30.3 Å². The molecule has 0 amide bonds. The van der Waals surface area contributed by atoms with Crippen LogP contribution in [0.15, 0.2) is 48.5 Å². The molecule has 0 aliphatic carbocycles. The largest absolute Gasteiger partial charge is 0.457 e. The Hall–Kier alpha value is -2.88. The smallest absolute Gasteiger partial charge is 0.433 e. The summed E-state index contributed by atoms with van der Waals surface area (Å²) in [6.45, 7) is 0. The van der Waals surface area contributed by atoms with Crippen LogP contribution in [0, 0.1) is 0 Å². The van der Waals surface area contributed by atoms with Gasteiger partial charge < -0.3 is 9.47 Å². The zero-order valence-corrected chi connectivity index (χ0v) is 15.2. The van der Waals surface area contributed by atoms with Crippen LogP contribution in [0.25, 0.3) is 0 Å². The molecule has 0 N–H and O–H groups in total. The first-order chi connectivity index (χ1) is 13.4. The van der Waals surface area contributed by atoms with Crippen molar-refractivity contribution in [3.63, 3.8) is 0 Å². The van der Waals surface area contributed by atoms with Crippen LogP contribution in [-0.2, 0) is 19.4 Å². The molecule has 3 aromatic rings. The lowest BCUT2D eigenvalue weighted by atomic mass is 10.2. The van der Waals surface area contributed by atoms with Gasteiger partial charge in [-0.2, -0.15) is 26.3 Å². The third-order valence-electron chi connectivity index (χ3n) is 3.61. The van der Waals surface area contributed by atoms with Gasteiger partial charge in [-0.3, -0.25) is 4.68 Å². The highest BCUT2D eigenvalue weighted by molar-refractivity contribution is 6.30. The number of ether oxygens (including phenoxy) is 2. The Labute approximate surface area is 165 Å². The predicted molar refractivity (Wildman–Crippen MR) is 91.3 cm³/mol. The number of halogens is 7. The first-order valence-corrected chi connectivity index (χ1v) is 8.24. The number of nitrogens with zero attached hydrogens (tertiary/aromatic N) is 2. The lowest BCUT2D eigenvalue weighted by molar-refractivity contribution is -0.143. The number of hydrogen-bond donors (Lipinski definition) is 0. The molecule has 0 radical (unpaired) electrons. The van der Waals surface area contributed by atoms with Crippen LogP contribution in [0.4, 0.5) is 26.3 Å². The highest BCUT2D eigenvalue weighted by Gasteiger charge is 2.35. The van der Waals surface area contributed by atoms with Gasteiger partial charge >= 0.3 is 12.4 Å². The summed E-state index contributed by atoms with van der Waals surface area (Å²) in [4.78, 5) is 0. The Balaban J connectivity index is 1.84. The Morgan fingerprint density at radius 1 is 0.828 bits per heavy atom. The molecule has 0 aliphatic rings. The minimum absolute atomic E-state index is 0.00806. The molecule has 0 spiro atoms. The van der Waals surface area contributed by atoms with E-state index >= 15 is 0 Å². The summed E-state index contributed by atoms with van der Waals surface area (Å²) in [5, 5.41) is 3.71. The lowest BCUT2D eigenvalue weighted by Crippen LogP contribution is -2.11. The van der Waals surface area contributed by atoms with Crippen molar-refractivity contribution in [2.75, 3.05) is 0 Å². The summed E-state index contributed by atoms with van der Waals surface area (Å²) in [6.07, 6.45) is -9.16. The number of aryl methyl sites for hydroxylation is 1. The van der Waals surface area contributed by atoms with Crippen LogP contribution in [0.5, 0.6) is 23.1 Å². The quantitative estimate of drug-likeness (QED) is 0.427. The normalized spacial score (nSPS) is 12.1. The van der Waals surface area contributed by atoms with Crippen molar-refractivity contribution in [3.8, 4) is 23.1 Å². The van der Waals surface area contributed by atoms with Crippen molar-refractivity contribution in [2.45, 2.75) is 12.4 Å². The molecular weight excluding hydrogens is 426 g/mol. The molecule has 2 aromatic carbocycles. The van der Waals surface area contributed by atoms with Crippen LogP contribution >= 0.6 is 11.6 Å². The van der Waals surface area contributed by atoms with E-state index in [0.29, 0.717) is 10.7 Å². The van der Waals surface area contributed by atoms with E-state index in [-0.39, 0.29) is 28.2 Å². The minimum Gasteiger partial charge on any atom is -0.457 e. The maximum absolute atomic E-state index is 12.9. The van der Waals surface area contributed by atoms with Crippen molar-refractivity contribution in [1.29, 1.82) is 0 Å². The standard InChI is InChI=1S/C18H11ClF6N2O2/c1-27-15(18(23,24)25)9-16(26-27)29-14-7-11(19)6-13(8-14)28-12-4-2-3-10(5-12)17(20,21)22/h2-9H,1H3. The molecule has 4 nitrogen and oxygen atoms in total. The first-order valence-electron chi connectivity index (χ1n) is 7.86. The van der Waals surface area contributed by atoms with Gasteiger partial charge in [0.25, 0.3) is 0 Å². The van der Waals surface area contributed by atoms with Gasteiger partial charge in [0.15, 0.2) is 0 Å². The average molecular weight is 437 g/mol. The number of aromatic nitrogens is 2. The first kappa shape index (κ1) is 20.8. The molecular formula is C18H11ClF6N2O2. The molecule has 1 heterocycles. The average Bonchev–Trinajstić information content (AvgIpc) is 2.94. The second-order valence-electron chi connectivity index (χ2n) is 5.84. The molecule has 3 rings (SSSR count). The van der Waals surface area contributed by atoms with E-state index < -0.39 is 23.6 Å². The zero-order chi connectivity index (χ0) is 21.4. The van der Waals surface area contributed by atoms with Crippen LogP contribution in [-0.4, -0.2) is 9.78 Å². The summed E-state index contributed by atoms with van der Waals surface area (Å²) in [5.74, 6) is -0.428. The number of rotatable bonds is 4. The maximum Gasteiger partial charge on any atom is 0.433 e. The zero-order valence-electron chi connectivity index (χ0n) is 14.5. The predicted octanol–water partition coefficient (Wildman–Crippen LogP) is 6.70. The Kier molecular flexibility index (Phi) is 5.40. The number of alkyl halides is 6. The fourth-order valence-electron chi connectivity index (χ4n) is 2.40. The van der Waals surface area contributed by atoms with Gasteiger partial charge in [0.1, 0.15) is 22.9 Å². The van der Waals surface area contributed by atoms with Crippen LogP contribution < -0.4 is 9.47 Å². The fourth-order valence-corrected chi connectivity index (χ4v) is 2.62. The third kappa shape index (κ3) is 5.14. The molecule has 1 aromatic heterocycles. The van der Waals surface area contributed by atoms with Crippen molar-refractivity contribution in [1.82, 2.24) is 9.78 Å². The van der Waals surface area contributed by atoms with E-state index in [1.54, 1.807) is 0 Å². The van der Waals surface area contributed by atoms with Gasteiger partial charge in [-0.1, -0.05) is 17.7 Å². The van der Waals surface area contributed by atoms with Gasteiger partial charge in [0.2, 0.25) is 5.88 Å². The SMILES string of the molecule is Cn1nc(Oc2cc(Cl)cc(Oc3cccc(C(F)(F)F)c3)c2)cc1C(F)(F)F. The van der Waals surface area contributed by atoms with Crippen molar-refractivity contribution in [3.05, 3.63) is 64.8 Å². The summed E-state index contributed by atoms with van der Waals surface area (Å²) in [6, 6.07) is 8.74. The van der Waals surface area contributed by atoms with Gasteiger partial charge in [-0.25, -0.2) is 0 Å². The fraction of sp³-hybridized carbons (Fsp3) is 0.167. The van der Waals surface area contributed by atoms with Crippen LogP contribution in [0.1, 0.15) is 11.3 Å². The van der Waals surface area contributed by atoms with Gasteiger partial charge in [0.05, 0.1) is 5.56 Å². The number of hydrogen-bond acceptors (Lipinski definition) is 3. The van der Waals surface area contributed by atoms with E-state index in [0.717, 1.165) is 19.2 Å². The van der Waals surface area contributed by atoms with Crippen molar-refractivity contribution in [2.24, 2.45) is 7.05 Å². The summed E-state index contributed by atoms with van der Waals surface area (Å²) in [5.41, 5.74) is -1.92. The molecule has 0 atom stereocenters. The number of benzene rings is 2. The second-order valence-corrected chi connectivity index (χ2v) is 6.28. The van der Waals surface area contributed by atoms with Crippen LogP contribution in [0.2, 0.25) is 5.02 Å². The highest BCUT2D eigenvalue weighted by atomic mass is 35.5. The Morgan fingerprint density at radius 2 is 1.48 bits per heavy atom. The molecule has 0 aliphatic heterocycles. The van der Waals surface area contributed by atoms with E-state index in [1.807, 2.05) is 0 Å².